The molecule has 3 heterocycles. The van der Waals surface area contributed by atoms with E-state index >= 15 is 0 Å². The summed E-state index contributed by atoms with van der Waals surface area (Å²) in [6.45, 7) is -1.64. The van der Waals surface area contributed by atoms with Gasteiger partial charge in [-0.05, 0) is 24.3 Å². The van der Waals surface area contributed by atoms with Gasteiger partial charge < -0.3 is 30.5 Å². The molecule has 5 N–H and O–H groups in total. The Kier molecular flexibility index (Phi) is 5.89. The van der Waals surface area contributed by atoms with Crippen LogP contribution in [0.5, 0.6) is 0 Å². The van der Waals surface area contributed by atoms with Gasteiger partial charge in [-0.2, -0.15) is 13.2 Å². The van der Waals surface area contributed by atoms with Crippen molar-refractivity contribution in [2.24, 2.45) is 0 Å². The highest BCUT2D eigenvalue weighted by molar-refractivity contribution is 6.06. The van der Waals surface area contributed by atoms with Gasteiger partial charge in [0.15, 0.2) is 17.5 Å². The zero-order valence-electron chi connectivity index (χ0n) is 17.2. The second kappa shape index (κ2) is 8.55. The van der Waals surface area contributed by atoms with Crippen LogP contribution in [0.2, 0.25) is 0 Å². The SMILES string of the molecule is Nc1noc2cc(NC(=O)C(O)C3(CO)OCCN(c4cccc(C(F)(F)F)n4)C3=O)ccc12. The van der Waals surface area contributed by atoms with Crippen molar-refractivity contribution in [2.45, 2.75) is 17.9 Å². The molecule has 1 saturated heterocycles. The summed E-state index contributed by atoms with van der Waals surface area (Å²) in [5.74, 6) is -2.49. The van der Waals surface area contributed by atoms with Gasteiger partial charge in [-0.25, -0.2) is 4.98 Å². The van der Waals surface area contributed by atoms with Gasteiger partial charge in [0, 0.05) is 11.8 Å². The predicted molar refractivity (Wildman–Crippen MR) is 110 cm³/mol. The Balaban J connectivity index is 1.59. The highest BCUT2D eigenvalue weighted by Gasteiger charge is 2.54. The number of rotatable bonds is 5. The van der Waals surface area contributed by atoms with Gasteiger partial charge in [-0.3, -0.25) is 14.5 Å². The van der Waals surface area contributed by atoms with E-state index in [1.54, 1.807) is 0 Å². The van der Waals surface area contributed by atoms with Gasteiger partial charge in [-0.15, -0.1) is 0 Å². The molecule has 2 aromatic heterocycles. The first-order chi connectivity index (χ1) is 16.1. The maximum atomic E-state index is 13.2. The van der Waals surface area contributed by atoms with Crippen molar-refractivity contribution >= 4 is 40.1 Å². The molecule has 3 aromatic rings. The number of benzene rings is 1. The lowest BCUT2D eigenvalue weighted by Crippen LogP contribution is -2.67. The van der Waals surface area contributed by atoms with Crippen LogP contribution in [-0.2, 0) is 20.5 Å². The minimum absolute atomic E-state index is 0.136. The quantitative estimate of drug-likeness (QED) is 0.415. The number of carbonyl (C=O) groups excluding carboxylic acids is 2. The van der Waals surface area contributed by atoms with E-state index in [9.17, 15) is 33.0 Å². The fourth-order valence-corrected chi connectivity index (χ4v) is 3.51. The smallest absolute Gasteiger partial charge is 0.393 e. The van der Waals surface area contributed by atoms with Crippen molar-refractivity contribution in [1.82, 2.24) is 10.1 Å². The maximum Gasteiger partial charge on any atom is 0.433 e. The maximum absolute atomic E-state index is 13.2. The Morgan fingerprint density at radius 3 is 2.79 bits per heavy atom. The summed E-state index contributed by atoms with van der Waals surface area (Å²) in [7, 11) is 0. The van der Waals surface area contributed by atoms with Crippen LogP contribution in [0.25, 0.3) is 11.0 Å². The van der Waals surface area contributed by atoms with E-state index in [-0.39, 0.29) is 36.1 Å². The van der Waals surface area contributed by atoms with Crippen LogP contribution in [-0.4, -0.2) is 63.6 Å². The first-order valence-corrected chi connectivity index (χ1v) is 9.82. The first-order valence-electron chi connectivity index (χ1n) is 9.82. The van der Waals surface area contributed by atoms with E-state index in [2.05, 4.69) is 15.5 Å². The summed E-state index contributed by atoms with van der Waals surface area (Å²) < 4.78 is 49.5. The number of alkyl halides is 3. The molecule has 2 amide bonds. The molecular weight excluding hydrogens is 463 g/mol. The topological polar surface area (TPSA) is 164 Å². The number of fused-ring (bicyclic) bond motifs is 1. The highest BCUT2D eigenvalue weighted by Crippen LogP contribution is 2.32. The zero-order valence-corrected chi connectivity index (χ0v) is 17.2. The molecule has 4 rings (SSSR count). The first kappa shape index (κ1) is 23.4. The molecule has 1 fully saturated rings. The number of carbonyl (C=O) groups is 2. The minimum Gasteiger partial charge on any atom is -0.393 e. The van der Waals surface area contributed by atoms with Gasteiger partial charge in [0.05, 0.1) is 25.1 Å². The number of anilines is 3. The van der Waals surface area contributed by atoms with Crippen LogP contribution in [0, 0.1) is 0 Å². The number of hydrogen-bond acceptors (Lipinski definition) is 9. The van der Waals surface area contributed by atoms with Crippen LogP contribution in [0.3, 0.4) is 0 Å². The number of hydrogen-bond donors (Lipinski definition) is 4. The van der Waals surface area contributed by atoms with Gasteiger partial charge in [0.1, 0.15) is 11.5 Å². The van der Waals surface area contributed by atoms with Crippen LogP contribution >= 0.6 is 0 Å². The molecule has 0 saturated carbocycles. The average Bonchev–Trinajstić information content (AvgIpc) is 3.18. The Bertz CT molecular complexity index is 1250. The number of aliphatic hydroxyl groups excluding tert-OH is 2. The standard InChI is InChI=1S/C20H18F3N5O6/c21-20(22,23)13-2-1-3-14(26-13)28-6-7-33-19(9-29,18(28)32)15(30)17(31)25-10-4-5-11-12(8-10)34-27-16(11)24/h1-5,8,15,29-30H,6-7,9H2,(H2,24,27)(H,25,31). The molecule has 2 atom stereocenters. The number of nitrogen functional groups attached to an aromatic ring is 1. The normalized spacial score (nSPS) is 19.9. The highest BCUT2D eigenvalue weighted by atomic mass is 19.4. The lowest BCUT2D eigenvalue weighted by Gasteiger charge is -2.41. The molecular formula is C20H18F3N5O6. The second-order valence-corrected chi connectivity index (χ2v) is 7.40. The fourth-order valence-electron chi connectivity index (χ4n) is 3.51. The molecule has 0 aliphatic carbocycles. The number of nitrogens with two attached hydrogens (primary N) is 1. The number of amides is 2. The third-order valence-electron chi connectivity index (χ3n) is 5.28. The molecule has 0 bridgehead atoms. The van der Waals surface area contributed by atoms with E-state index in [0.29, 0.717) is 5.39 Å². The van der Waals surface area contributed by atoms with Crippen molar-refractivity contribution in [3.63, 3.8) is 0 Å². The molecule has 2 unspecified atom stereocenters. The third-order valence-corrected chi connectivity index (χ3v) is 5.28. The number of morpholine rings is 1. The molecule has 11 nitrogen and oxygen atoms in total. The summed E-state index contributed by atoms with van der Waals surface area (Å²) in [6.07, 6.45) is -6.98. The molecule has 1 aliphatic rings. The van der Waals surface area contributed by atoms with E-state index in [4.69, 9.17) is 15.0 Å². The van der Waals surface area contributed by atoms with Crippen LogP contribution in [0.4, 0.5) is 30.5 Å². The number of aliphatic hydroxyl groups is 2. The number of ether oxygens (including phenoxy) is 1. The molecule has 180 valence electrons. The zero-order chi connectivity index (χ0) is 24.7. The Morgan fingerprint density at radius 1 is 1.32 bits per heavy atom. The van der Waals surface area contributed by atoms with Crippen LogP contribution < -0.4 is 16.0 Å². The number of nitrogens with zero attached hydrogens (tertiary/aromatic N) is 3. The summed E-state index contributed by atoms with van der Waals surface area (Å²) >= 11 is 0. The Hall–Kier alpha value is -3.75. The Morgan fingerprint density at radius 2 is 2.09 bits per heavy atom. The van der Waals surface area contributed by atoms with E-state index < -0.39 is 42.0 Å². The van der Waals surface area contributed by atoms with E-state index in [1.807, 2.05) is 0 Å². The minimum atomic E-state index is -4.76. The molecule has 1 aliphatic heterocycles. The summed E-state index contributed by atoms with van der Waals surface area (Å²) in [4.78, 5) is 30.2. The monoisotopic (exact) mass is 481 g/mol. The van der Waals surface area contributed by atoms with Crippen molar-refractivity contribution in [1.29, 1.82) is 0 Å². The lowest BCUT2D eigenvalue weighted by atomic mass is 9.93. The summed E-state index contributed by atoms with van der Waals surface area (Å²) in [6, 6.07) is 7.27. The molecule has 14 heteroatoms. The Labute approximate surface area is 188 Å². The van der Waals surface area contributed by atoms with Crippen molar-refractivity contribution in [2.75, 3.05) is 35.7 Å². The van der Waals surface area contributed by atoms with Crippen molar-refractivity contribution < 1.29 is 42.2 Å². The number of nitrogens with one attached hydrogen (secondary N) is 1. The molecule has 1 aromatic carbocycles. The summed E-state index contributed by atoms with van der Waals surface area (Å²) in [5.41, 5.74) is 2.32. The van der Waals surface area contributed by atoms with E-state index in [0.717, 1.165) is 23.1 Å². The van der Waals surface area contributed by atoms with Crippen molar-refractivity contribution in [3.05, 3.63) is 42.1 Å². The van der Waals surface area contributed by atoms with Crippen LogP contribution in [0.1, 0.15) is 5.69 Å². The average molecular weight is 481 g/mol. The number of aromatic nitrogens is 2. The van der Waals surface area contributed by atoms with E-state index in [1.165, 1.54) is 18.2 Å². The lowest BCUT2D eigenvalue weighted by molar-refractivity contribution is -0.182. The van der Waals surface area contributed by atoms with Gasteiger partial charge in [0.25, 0.3) is 11.8 Å². The largest absolute Gasteiger partial charge is 0.433 e. The molecule has 0 radical (unpaired) electrons. The molecule has 0 spiro atoms. The molecule has 34 heavy (non-hydrogen) atoms. The third kappa shape index (κ3) is 4.02. The van der Waals surface area contributed by atoms with Crippen molar-refractivity contribution in [3.8, 4) is 0 Å². The van der Waals surface area contributed by atoms with Gasteiger partial charge >= 0.3 is 6.18 Å². The van der Waals surface area contributed by atoms with Gasteiger partial charge in [-0.1, -0.05) is 11.2 Å². The predicted octanol–water partition coefficient (Wildman–Crippen LogP) is 0.918. The second-order valence-electron chi connectivity index (χ2n) is 7.40. The fraction of sp³-hybridized carbons (Fsp3) is 0.300. The number of pyridine rings is 1. The van der Waals surface area contributed by atoms with Gasteiger partial charge in [0.2, 0.25) is 5.60 Å². The number of halogens is 3. The van der Waals surface area contributed by atoms with Crippen LogP contribution in [0.15, 0.2) is 40.9 Å². The summed E-state index contributed by atoms with van der Waals surface area (Å²) in [5, 5.41) is 27.1.